The molecule has 18 heavy (non-hydrogen) atoms. The van der Waals surface area contributed by atoms with Crippen molar-refractivity contribution in [3.63, 3.8) is 0 Å². The first-order chi connectivity index (χ1) is 8.54. The molecular weight excluding hydrogens is 270 g/mol. The molecule has 1 aromatic heterocycles. The quantitative estimate of drug-likeness (QED) is 0.717. The first-order valence-electron chi connectivity index (χ1n) is 5.79. The van der Waals surface area contributed by atoms with E-state index in [4.69, 9.17) is 18.0 Å². The van der Waals surface area contributed by atoms with Gasteiger partial charge in [0.15, 0.2) is 0 Å². The van der Waals surface area contributed by atoms with Gasteiger partial charge in [-0.1, -0.05) is 36.4 Å². The van der Waals surface area contributed by atoms with E-state index in [2.05, 4.69) is 10.3 Å². The number of hydrogen-bond donors (Lipinski definition) is 3. The molecule has 2 rings (SSSR count). The maximum atomic E-state index is 12.2. The molecular formula is C11H15N3O2S2. The molecule has 0 atom stereocenters. The van der Waals surface area contributed by atoms with Crippen molar-refractivity contribution in [2.24, 2.45) is 11.1 Å². The molecule has 1 aliphatic rings. The van der Waals surface area contributed by atoms with Crippen LogP contribution in [0.2, 0.25) is 0 Å². The van der Waals surface area contributed by atoms with Gasteiger partial charge >= 0.3 is 4.87 Å². The van der Waals surface area contributed by atoms with Gasteiger partial charge in [0, 0.05) is 11.1 Å². The average molecular weight is 285 g/mol. The normalized spacial score (nSPS) is 17.6. The van der Waals surface area contributed by atoms with Crippen LogP contribution in [-0.4, -0.2) is 15.9 Å². The van der Waals surface area contributed by atoms with Crippen molar-refractivity contribution in [3.05, 3.63) is 20.7 Å². The number of carbonyl (C=O) groups excluding carboxylic acids is 1. The number of aromatic amines is 1. The fraction of sp³-hybridized carbons (Fsp3) is 0.545. The van der Waals surface area contributed by atoms with Gasteiger partial charge in [0.05, 0.1) is 16.9 Å². The first kappa shape index (κ1) is 13.2. The molecule has 4 N–H and O–H groups in total. The minimum atomic E-state index is -0.689. The van der Waals surface area contributed by atoms with E-state index in [0.29, 0.717) is 25.1 Å². The van der Waals surface area contributed by atoms with Crippen LogP contribution < -0.4 is 15.9 Å². The second kappa shape index (κ2) is 5.19. The number of aromatic nitrogens is 1. The summed E-state index contributed by atoms with van der Waals surface area (Å²) in [5.41, 5.74) is 5.74. The van der Waals surface area contributed by atoms with Crippen molar-refractivity contribution >= 4 is 34.5 Å². The first-order valence-corrected chi connectivity index (χ1v) is 7.08. The predicted octanol–water partition coefficient (Wildman–Crippen LogP) is 0.899. The van der Waals surface area contributed by atoms with Crippen LogP contribution in [0.3, 0.4) is 0 Å². The largest absolute Gasteiger partial charge is 0.392 e. The van der Waals surface area contributed by atoms with E-state index in [1.54, 1.807) is 5.38 Å². The Hall–Kier alpha value is -1.21. The van der Waals surface area contributed by atoms with Gasteiger partial charge in [0.1, 0.15) is 0 Å². The lowest BCUT2D eigenvalue weighted by Gasteiger charge is -2.26. The Balaban J connectivity index is 2.02. The van der Waals surface area contributed by atoms with Crippen LogP contribution in [0.1, 0.15) is 31.4 Å². The molecule has 1 amide bonds. The van der Waals surface area contributed by atoms with E-state index >= 15 is 0 Å². The van der Waals surface area contributed by atoms with Crippen molar-refractivity contribution < 1.29 is 4.79 Å². The molecule has 1 aromatic rings. The molecule has 0 radical (unpaired) electrons. The van der Waals surface area contributed by atoms with Crippen molar-refractivity contribution in [2.75, 3.05) is 0 Å². The van der Waals surface area contributed by atoms with E-state index in [9.17, 15) is 9.59 Å². The molecule has 0 aromatic carbocycles. The topological polar surface area (TPSA) is 88.0 Å². The van der Waals surface area contributed by atoms with Gasteiger partial charge < -0.3 is 16.0 Å². The molecule has 7 heteroatoms. The molecule has 1 saturated carbocycles. The van der Waals surface area contributed by atoms with E-state index in [1.165, 1.54) is 0 Å². The molecule has 1 aliphatic carbocycles. The summed E-state index contributed by atoms with van der Waals surface area (Å²) in [6.07, 6.45) is 3.38. The number of rotatable bonds is 4. The van der Waals surface area contributed by atoms with E-state index in [0.717, 1.165) is 24.2 Å². The number of thiocarbonyl (C=S) groups is 1. The minimum absolute atomic E-state index is 0.121. The summed E-state index contributed by atoms with van der Waals surface area (Å²) < 4.78 is 0. The maximum Gasteiger partial charge on any atom is 0.304 e. The van der Waals surface area contributed by atoms with E-state index < -0.39 is 5.41 Å². The van der Waals surface area contributed by atoms with Crippen LogP contribution >= 0.6 is 23.6 Å². The Labute approximate surface area is 114 Å². The molecule has 0 spiro atoms. The van der Waals surface area contributed by atoms with Crippen molar-refractivity contribution in [2.45, 2.75) is 32.2 Å². The van der Waals surface area contributed by atoms with Crippen LogP contribution in [-0.2, 0) is 11.3 Å². The summed E-state index contributed by atoms with van der Waals surface area (Å²) in [6.45, 7) is 0.307. The Morgan fingerprint density at radius 1 is 1.56 bits per heavy atom. The standard InChI is InChI=1S/C11H15N3O2S2/c12-8(17)11(3-1-2-4-11)9(15)13-5-7-6-18-10(16)14-7/h6H,1-5H2,(H2,12,17)(H,13,15)(H,14,16). The summed E-state index contributed by atoms with van der Waals surface area (Å²) in [4.78, 5) is 26.0. The second-order valence-electron chi connectivity index (χ2n) is 4.51. The summed E-state index contributed by atoms with van der Waals surface area (Å²) >= 11 is 6.12. The second-order valence-corrected chi connectivity index (χ2v) is 5.79. The lowest BCUT2D eigenvalue weighted by Crippen LogP contribution is -2.47. The summed E-state index contributed by atoms with van der Waals surface area (Å²) in [5, 5.41) is 4.51. The van der Waals surface area contributed by atoms with E-state index in [-0.39, 0.29) is 15.8 Å². The number of amides is 1. The highest BCUT2D eigenvalue weighted by Crippen LogP contribution is 2.38. The summed E-state index contributed by atoms with van der Waals surface area (Å²) in [6, 6.07) is 0. The third-order valence-corrected chi connectivity index (χ3v) is 4.48. The summed E-state index contributed by atoms with van der Waals surface area (Å²) in [7, 11) is 0. The van der Waals surface area contributed by atoms with Crippen LogP contribution in [0.4, 0.5) is 0 Å². The third kappa shape index (κ3) is 2.46. The van der Waals surface area contributed by atoms with Gasteiger partial charge in [-0.05, 0) is 12.8 Å². The Bertz CT molecular complexity index is 514. The van der Waals surface area contributed by atoms with Crippen LogP contribution in [0.15, 0.2) is 10.2 Å². The Morgan fingerprint density at radius 3 is 2.72 bits per heavy atom. The molecule has 1 fully saturated rings. The molecule has 0 unspecified atom stereocenters. The van der Waals surface area contributed by atoms with Gasteiger partial charge in [0.2, 0.25) is 5.91 Å². The van der Waals surface area contributed by atoms with Gasteiger partial charge in [-0.15, -0.1) is 0 Å². The van der Waals surface area contributed by atoms with Gasteiger partial charge in [0.25, 0.3) is 0 Å². The van der Waals surface area contributed by atoms with Gasteiger partial charge in [-0.25, -0.2) is 0 Å². The van der Waals surface area contributed by atoms with Crippen LogP contribution in [0.25, 0.3) is 0 Å². The Kier molecular flexibility index (Phi) is 3.82. The zero-order valence-electron chi connectivity index (χ0n) is 9.82. The van der Waals surface area contributed by atoms with Crippen molar-refractivity contribution in [1.29, 1.82) is 0 Å². The highest BCUT2D eigenvalue weighted by atomic mass is 32.1. The smallest absolute Gasteiger partial charge is 0.304 e. The lowest BCUT2D eigenvalue weighted by molar-refractivity contribution is -0.127. The third-order valence-electron chi connectivity index (χ3n) is 3.37. The monoisotopic (exact) mass is 285 g/mol. The van der Waals surface area contributed by atoms with Crippen LogP contribution in [0, 0.1) is 5.41 Å². The SMILES string of the molecule is NC(=S)C1(C(=O)NCc2csc(=O)[nH]2)CCCC1. The molecule has 0 aliphatic heterocycles. The van der Waals surface area contributed by atoms with Gasteiger partial charge in [-0.2, -0.15) is 0 Å². The lowest BCUT2D eigenvalue weighted by atomic mass is 9.85. The molecule has 5 nitrogen and oxygen atoms in total. The Morgan fingerprint density at radius 2 is 2.22 bits per heavy atom. The highest BCUT2D eigenvalue weighted by molar-refractivity contribution is 7.80. The number of carbonyl (C=O) groups is 1. The predicted molar refractivity (Wildman–Crippen MR) is 74.5 cm³/mol. The average Bonchev–Trinajstić information content (AvgIpc) is 2.95. The van der Waals surface area contributed by atoms with Crippen molar-refractivity contribution in [1.82, 2.24) is 10.3 Å². The van der Waals surface area contributed by atoms with Crippen LogP contribution in [0.5, 0.6) is 0 Å². The van der Waals surface area contributed by atoms with Gasteiger partial charge in [-0.3, -0.25) is 9.59 Å². The fourth-order valence-corrected chi connectivity index (χ4v) is 3.19. The fourth-order valence-electron chi connectivity index (χ4n) is 2.31. The molecule has 0 saturated heterocycles. The molecule has 1 heterocycles. The zero-order valence-corrected chi connectivity index (χ0v) is 11.5. The van der Waals surface area contributed by atoms with Crippen molar-refractivity contribution in [3.8, 4) is 0 Å². The number of nitrogens with two attached hydrogens (primary N) is 1. The number of nitrogens with one attached hydrogen (secondary N) is 2. The van der Waals surface area contributed by atoms with E-state index in [1.807, 2.05) is 0 Å². The minimum Gasteiger partial charge on any atom is -0.392 e. The molecule has 0 bridgehead atoms. The maximum absolute atomic E-state index is 12.2. The number of thiazole rings is 1. The zero-order chi connectivity index (χ0) is 13.2. The number of H-pyrrole nitrogens is 1. The number of hydrogen-bond acceptors (Lipinski definition) is 4. The molecule has 98 valence electrons. The highest BCUT2D eigenvalue weighted by Gasteiger charge is 2.43. The summed E-state index contributed by atoms with van der Waals surface area (Å²) in [5.74, 6) is -0.125.